The predicted molar refractivity (Wildman–Crippen MR) is 89.2 cm³/mol. The topological polar surface area (TPSA) is 21.7 Å². The van der Waals surface area contributed by atoms with Gasteiger partial charge in [-0.2, -0.15) is 0 Å². The lowest BCUT2D eigenvalue weighted by molar-refractivity contribution is -0.186. The van der Waals surface area contributed by atoms with Gasteiger partial charge < -0.3 is 14.4 Å². The molecule has 2 aliphatic rings. The van der Waals surface area contributed by atoms with Gasteiger partial charge in [-0.25, -0.2) is 0 Å². The lowest BCUT2D eigenvalue weighted by Crippen LogP contribution is -2.55. The quantitative estimate of drug-likeness (QED) is 0.833. The maximum absolute atomic E-state index is 6.18. The molecule has 3 rings (SSSR count). The van der Waals surface area contributed by atoms with Crippen LogP contribution in [-0.2, 0) is 15.9 Å². The van der Waals surface area contributed by atoms with Gasteiger partial charge in [-0.1, -0.05) is 30.3 Å². The number of aryl methyl sites for hydroxylation is 1. The largest absolute Gasteiger partial charge is 0.378 e. The number of hydrogen-bond acceptors (Lipinski definition) is 3. The summed E-state index contributed by atoms with van der Waals surface area (Å²) in [4.78, 5) is 2.60. The highest BCUT2D eigenvalue weighted by molar-refractivity contribution is 5.14. The van der Waals surface area contributed by atoms with Crippen LogP contribution < -0.4 is 0 Å². The van der Waals surface area contributed by atoms with Crippen molar-refractivity contribution in [1.29, 1.82) is 0 Å². The van der Waals surface area contributed by atoms with Crippen molar-refractivity contribution in [3.05, 3.63) is 35.9 Å². The summed E-state index contributed by atoms with van der Waals surface area (Å²) in [7, 11) is 1.84. The van der Waals surface area contributed by atoms with E-state index in [2.05, 4.69) is 35.2 Å². The monoisotopic (exact) mass is 303 g/mol. The van der Waals surface area contributed by atoms with Crippen LogP contribution in [0.15, 0.2) is 30.3 Å². The van der Waals surface area contributed by atoms with Gasteiger partial charge in [-0.3, -0.25) is 0 Å². The van der Waals surface area contributed by atoms with Crippen molar-refractivity contribution in [3.63, 3.8) is 0 Å². The summed E-state index contributed by atoms with van der Waals surface area (Å²) in [6, 6.07) is 10.8. The average molecular weight is 303 g/mol. The fourth-order valence-electron chi connectivity index (χ4n) is 4.01. The van der Waals surface area contributed by atoms with E-state index in [1.165, 1.54) is 24.9 Å². The van der Waals surface area contributed by atoms with Crippen molar-refractivity contribution in [2.45, 2.75) is 50.2 Å². The molecule has 3 nitrogen and oxygen atoms in total. The van der Waals surface area contributed by atoms with Crippen molar-refractivity contribution in [2.75, 3.05) is 33.4 Å². The Balaban J connectivity index is 1.43. The molecule has 2 heterocycles. The van der Waals surface area contributed by atoms with E-state index in [0.717, 1.165) is 45.4 Å². The van der Waals surface area contributed by atoms with Crippen LogP contribution in [0.1, 0.15) is 37.7 Å². The molecular weight excluding hydrogens is 274 g/mol. The van der Waals surface area contributed by atoms with E-state index >= 15 is 0 Å². The fraction of sp³-hybridized carbons (Fsp3) is 0.684. The maximum atomic E-state index is 6.18. The van der Waals surface area contributed by atoms with Crippen LogP contribution in [-0.4, -0.2) is 50.0 Å². The Labute approximate surface area is 134 Å². The molecular formula is C19H29NO2. The lowest BCUT2D eigenvalue weighted by atomic mass is 9.82. The van der Waals surface area contributed by atoms with Crippen LogP contribution in [0, 0.1) is 0 Å². The van der Waals surface area contributed by atoms with Crippen LogP contribution >= 0.6 is 0 Å². The summed E-state index contributed by atoms with van der Waals surface area (Å²) < 4.78 is 11.9. The number of benzene rings is 1. The minimum Gasteiger partial charge on any atom is -0.378 e. The number of nitrogens with zero attached hydrogens (tertiary/aromatic N) is 1. The van der Waals surface area contributed by atoms with E-state index in [9.17, 15) is 0 Å². The SMILES string of the molecule is CO[C@H]1CCCOC12CCN(CCCc1ccccc1)CC2. The Morgan fingerprint density at radius 2 is 2.00 bits per heavy atom. The number of hydrogen-bond donors (Lipinski definition) is 0. The first-order chi connectivity index (χ1) is 10.8. The number of ether oxygens (including phenoxy) is 2. The third-order valence-corrected chi connectivity index (χ3v) is 5.36. The molecule has 22 heavy (non-hydrogen) atoms. The highest BCUT2D eigenvalue weighted by Gasteiger charge is 2.44. The smallest absolute Gasteiger partial charge is 0.0967 e. The summed E-state index contributed by atoms with van der Waals surface area (Å²) in [6.07, 6.45) is 7.26. The summed E-state index contributed by atoms with van der Waals surface area (Å²) in [5.41, 5.74) is 1.45. The van der Waals surface area contributed by atoms with Crippen molar-refractivity contribution in [2.24, 2.45) is 0 Å². The Hall–Kier alpha value is -0.900. The normalized spacial score (nSPS) is 25.4. The Bertz CT molecular complexity index is 440. The van der Waals surface area contributed by atoms with Crippen molar-refractivity contribution >= 4 is 0 Å². The van der Waals surface area contributed by atoms with Crippen LogP contribution in [0.5, 0.6) is 0 Å². The molecule has 1 spiro atoms. The second-order valence-corrected chi connectivity index (χ2v) is 6.71. The zero-order valence-electron chi connectivity index (χ0n) is 13.8. The minimum atomic E-state index is 0.00291. The summed E-state index contributed by atoms with van der Waals surface area (Å²) in [5, 5.41) is 0. The third kappa shape index (κ3) is 3.70. The van der Waals surface area contributed by atoms with Gasteiger partial charge >= 0.3 is 0 Å². The first-order valence-corrected chi connectivity index (χ1v) is 8.75. The zero-order valence-corrected chi connectivity index (χ0v) is 13.8. The first kappa shape index (κ1) is 16.0. The van der Waals surface area contributed by atoms with E-state index in [1.807, 2.05) is 7.11 Å². The van der Waals surface area contributed by atoms with Crippen molar-refractivity contribution < 1.29 is 9.47 Å². The van der Waals surface area contributed by atoms with Gasteiger partial charge in [0.25, 0.3) is 0 Å². The van der Waals surface area contributed by atoms with Gasteiger partial charge in [0.2, 0.25) is 0 Å². The maximum Gasteiger partial charge on any atom is 0.0967 e. The van der Waals surface area contributed by atoms with Gasteiger partial charge in [0.1, 0.15) is 0 Å². The molecule has 0 aliphatic carbocycles. The molecule has 0 radical (unpaired) electrons. The van der Waals surface area contributed by atoms with Crippen molar-refractivity contribution in [1.82, 2.24) is 4.90 Å². The molecule has 3 heteroatoms. The molecule has 1 atom stereocenters. The molecule has 2 fully saturated rings. The Morgan fingerprint density at radius 1 is 1.23 bits per heavy atom. The molecule has 0 saturated carbocycles. The van der Waals surface area contributed by atoms with Gasteiger partial charge in [0.05, 0.1) is 11.7 Å². The Morgan fingerprint density at radius 3 is 2.73 bits per heavy atom. The number of likely N-dealkylation sites (tertiary alicyclic amines) is 1. The van der Waals surface area contributed by atoms with Gasteiger partial charge in [0.15, 0.2) is 0 Å². The number of rotatable bonds is 5. The summed E-state index contributed by atoms with van der Waals surface area (Å²) in [6.45, 7) is 4.40. The minimum absolute atomic E-state index is 0.00291. The predicted octanol–water partition coefficient (Wildman–Crippen LogP) is 3.28. The summed E-state index contributed by atoms with van der Waals surface area (Å²) in [5.74, 6) is 0. The molecule has 0 N–H and O–H groups in total. The second kappa shape index (κ2) is 7.58. The third-order valence-electron chi connectivity index (χ3n) is 5.36. The molecule has 0 amide bonds. The van der Waals surface area contributed by atoms with E-state index in [-0.39, 0.29) is 5.60 Å². The van der Waals surface area contributed by atoms with E-state index < -0.39 is 0 Å². The molecule has 0 aromatic heterocycles. The number of piperidine rings is 1. The first-order valence-electron chi connectivity index (χ1n) is 8.75. The molecule has 122 valence electrons. The highest BCUT2D eigenvalue weighted by atomic mass is 16.5. The van der Waals surface area contributed by atoms with Crippen LogP contribution in [0.3, 0.4) is 0 Å². The van der Waals surface area contributed by atoms with E-state index in [0.29, 0.717) is 6.10 Å². The van der Waals surface area contributed by atoms with Gasteiger partial charge in [-0.15, -0.1) is 0 Å². The zero-order chi connectivity index (χ0) is 15.3. The van der Waals surface area contributed by atoms with Gasteiger partial charge in [-0.05, 0) is 50.6 Å². The van der Waals surface area contributed by atoms with Gasteiger partial charge in [0, 0.05) is 26.8 Å². The average Bonchev–Trinajstić information content (AvgIpc) is 2.58. The number of methoxy groups -OCH3 is 1. The van der Waals surface area contributed by atoms with Crippen molar-refractivity contribution in [3.8, 4) is 0 Å². The summed E-state index contributed by atoms with van der Waals surface area (Å²) >= 11 is 0. The lowest BCUT2D eigenvalue weighted by Gasteiger charge is -2.48. The molecule has 1 aromatic rings. The molecule has 0 bridgehead atoms. The molecule has 2 aliphatic heterocycles. The fourth-order valence-corrected chi connectivity index (χ4v) is 4.01. The Kier molecular flexibility index (Phi) is 5.51. The molecule has 0 unspecified atom stereocenters. The van der Waals surface area contributed by atoms with E-state index in [1.54, 1.807) is 0 Å². The molecule has 1 aromatic carbocycles. The van der Waals surface area contributed by atoms with Crippen LogP contribution in [0.25, 0.3) is 0 Å². The highest BCUT2D eigenvalue weighted by Crippen LogP contribution is 2.36. The standard InChI is InChI=1S/C19H29NO2/c1-21-18-10-6-16-22-19(18)11-14-20(15-12-19)13-5-9-17-7-3-2-4-8-17/h2-4,7-8,18H,5-6,9-16H2,1H3/t18-/m0/s1. The van der Waals surface area contributed by atoms with Crippen LogP contribution in [0.4, 0.5) is 0 Å². The molecule has 2 saturated heterocycles. The van der Waals surface area contributed by atoms with Crippen LogP contribution in [0.2, 0.25) is 0 Å². The second-order valence-electron chi connectivity index (χ2n) is 6.71. The van der Waals surface area contributed by atoms with E-state index in [4.69, 9.17) is 9.47 Å².